The number of esters is 3. The van der Waals surface area contributed by atoms with Crippen molar-refractivity contribution < 1.29 is 28.6 Å². The van der Waals surface area contributed by atoms with Crippen LogP contribution in [0.3, 0.4) is 0 Å². The standard InChI is InChI=1S/C52H92O6/c1-4-7-10-13-16-18-20-22-23-24-25-26-27-28-29-31-32-34-36-39-42-45-51(54)57-48-49(47-56-50(53)44-41-38-15-12-9-6-3)58-52(55)46-43-40-37-35-33-30-21-19-17-14-11-8-5-2/h8,11,17,19,30,33,37,40,49H,4-7,9-10,12-16,18,20-29,31-32,34-36,38-39,41-48H2,1-3H3/b11-8-,19-17-,33-30-,40-37-. The maximum atomic E-state index is 12.7. The third kappa shape index (κ3) is 44.5. The molecule has 0 heterocycles. The Kier molecular flexibility index (Phi) is 44.9. The van der Waals surface area contributed by atoms with Crippen LogP contribution in [0.4, 0.5) is 0 Å². The van der Waals surface area contributed by atoms with Crippen LogP contribution in [-0.2, 0) is 28.6 Å². The normalized spacial score (nSPS) is 12.4. The number of rotatable bonds is 44. The molecule has 0 radical (unpaired) electrons. The maximum absolute atomic E-state index is 12.7. The monoisotopic (exact) mass is 813 g/mol. The smallest absolute Gasteiger partial charge is 0.306 e. The van der Waals surface area contributed by atoms with Gasteiger partial charge in [-0.25, -0.2) is 0 Å². The van der Waals surface area contributed by atoms with Gasteiger partial charge in [-0.1, -0.05) is 230 Å². The molecule has 0 aromatic heterocycles. The Labute approximate surface area is 358 Å². The summed E-state index contributed by atoms with van der Waals surface area (Å²) in [5, 5.41) is 0. The second-order valence-corrected chi connectivity index (χ2v) is 16.4. The lowest BCUT2D eigenvalue weighted by atomic mass is 10.0. The van der Waals surface area contributed by atoms with E-state index < -0.39 is 6.10 Å². The van der Waals surface area contributed by atoms with Crippen molar-refractivity contribution in [1.82, 2.24) is 0 Å². The molecule has 0 saturated carbocycles. The summed E-state index contributed by atoms with van der Waals surface area (Å²) in [4.78, 5) is 37.6. The Morgan fingerprint density at radius 1 is 0.362 bits per heavy atom. The van der Waals surface area contributed by atoms with Gasteiger partial charge in [0, 0.05) is 19.3 Å². The van der Waals surface area contributed by atoms with E-state index in [0.717, 1.165) is 64.2 Å². The number of ether oxygens (including phenoxy) is 3. The molecule has 0 aliphatic heterocycles. The van der Waals surface area contributed by atoms with Crippen LogP contribution in [0.2, 0.25) is 0 Å². The zero-order valence-electron chi connectivity index (χ0n) is 38.3. The average molecular weight is 813 g/mol. The van der Waals surface area contributed by atoms with E-state index >= 15 is 0 Å². The van der Waals surface area contributed by atoms with E-state index in [4.69, 9.17) is 14.2 Å². The van der Waals surface area contributed by atoms with Gasteiger partial charge in [0.05, 0.1) is 0 Å². The minimum atomic E-state index is -0.804. The lowest BCUT2D eigenvalue weighted by Gasteiger charge is -2.18. The summed E-state index contributed by atoms with van der Waals surface area (Å²) in [6.07, 6.45) is 55.7. The number of hydrogen-bond acceptors (Lipinski definition) is 6. The van der Waals surface area contributed by atoms with Gasteiger partial charge in [-0.2, -0.15) is 0 Å². The predicted octanol–water partition coefficient (Wildman–Crippen LogP) is 15.9. The third-order valence-electron chi connectivity index (χ3n) is 10.6. The van der Waals surface area contributed by atoms with Gasteiger partial charge >= 0.3 is 17.9 Å². The summed E-state index contributed by atoms with van der Waals surface area (Å²) in [5.74, 6) is -0.987. The molecular weight excluding hydrogens is 721 g/mol. The summed E-state index contributed by atoms with van der Waals surface area (Å²) in [5.41, 5.74) is 0. The molecule has 0 aliphatic rings. The van der Waals surface area contributed by atoms with Crippen molar-refractivity contribution in [1.29, 1.82) is 0 Å². The van der Waals surface area contributed by atoms with Gasteiger partial charge in [0.15, 0.2) is 6.10 Å². The summed E-state index contributed by atoms with van der Waals surface area (Å²) in [6.45, 7) is 6.41. The van der Waals surface area contributed by atoms with Crippen LogP contribution < -0.4 is 0 Å². The van der Waals surface area contributed by atoms with Crippen LogP contribution in [0.25, 0.3) is 0 Å². The molecule has 0 bridgehead atoms. The van der Waals surface area contributed by atoms with E-state index in [-0.39, 0.29) is 37.5 Å². The van der Waals surface area contributed by atoms with Crippen molar-refractivity contribution in [2.45, 2.75) is 252 Å². The lowest BCUT2D eigenvalue weighted by Crippen LogP contribution is -2.30. The van der Waals surface area contributed by atoms with Crippen LogP contribution in [0, 0.1) is 0 Å². The van der Waals surface area contributed by atoms with E-state index in [9.17, 15) is 14.4 Å². The van der Waals surface area contributed by atoms with Crippen LogP contribution in [0.1, 0.15) is 245 Å². The first kappa shape index (κ1) is 55.4. The summed E-state index contributed by atoms with van der Waals surface area (Å²) < 4.78 is 16.6. The molecule has 58 heavy (non-hydrogen) atoms. The fourth-order valence-electron chi connectivity index (χ4n) is 6.93. The Hall–Kier alpha value is -2.63. The number of allylic oxidation sites excluding steroid dienone is 8. The molecule has 0 aliphatic carbocycles. The Morgan fingerprint density at radius 2 is 0.672 bits per heavy atom. The zero-order chi connectivity index (χ0) is 42.3. The largest absolute Gasteiger partial charge is 0.462 e. The minimum Gasteiger partial charge on any atom is -0.462 e. The molecule has 6 nitrogen and oxygen atoms in total. The fraction of sp³-hybridized carbons (Fsp3) is 0.788. The highest BCUT2D eigenvalue weighted by molar-refractivity contribution is 5.71. The first-order valence-corrected chi connectivity index (χ1v) is 24.6. The molecular formula is C52H92O6. The zero-order valence-corrected chi connectivity index (χ0v) is 38.3. The highest BCUT2D eigenvalue weighted by Crippen LogP contribution is 2.16. The number of unbranched alkanes of at least 4 members (excludes halogenated alkanes) is 25. The minimum absolute atomic E-state index is 0.0991. The molecule has 0 saturated heterocycles. The van der Waals surface area contributed by atoms with Crippen LogP contribution in [-0.4, -0.2) is 37.2 Å². The quantitative estimate of drug-likeness (QED) is 0.0264. The van der Waals surface area contributed by atoms with Crippen molar-refractivity contribution >= 4 is 17.9 Å². The molecule has 6 heteroatoms. The fourth-order valence-corrected chi connectivity index (χ4v) is 6.93. The van der Waals surface area contributed by atoms with Crippen molar-refractivity contribution in [3.63, 3.8) is 0 Å². The van der Waals surface area contributed by atoms with E-state index in [1.54, 1.807) is 0 Å². The van der Waals surface area contributed by atoms with Crippen molar-refractivity contribution in [3.8, 4) is 0 Å². The lowest BCUT2D eigenvalue weighted by molar-refractivity contribution is -0.166. The topological polar surface area (TPSA) is 78.9 Å². The van der Waals surface area contributed by atoms with Gasteiger partial charge in [-0.3, -0.25) is 14.4 Å². The van der Waals surface area contributed by atoms with E-state index in [2.05, 4.69) is 57.2 Å². The van der Waals surface area contributed by atoms with Gasteiger partial charge in [0.2, 0.25) is 0 Å². The Balaban J connectivity index is 4.20. The first-order chi connectivity index (χ1) is 28.5. The second-order valence-electron chi connectivity index (χ2n) is 16.4. The first-order valence-electron chi connectivity index (χ1n) is 24.6. The Bertz CT molecular complexity index is 1030. The molecule has 336 valence electrons. The molecule has 0 fully saturated rings. The second kappa shape index (κ2) is 47.1. The van der Waals surface area contributed by atoms with Crippen molar-refractivity contribution in [2.75, 3.05) is 13.2 Å². The summed E-state index contributed by atoms with van der Waals surface area (Å²) in [6, 6.07) is 0. The van der Waals surface area contributed by atoms with E-state index in [1.165, 1.54) is 135 Å². The predicted molar refractivity (Wildman–Crippen MR) is 247 cm³/mol. The van der Waals surface area contributed by atoms with Gasteiger partial charge in [0.25, 0.3) is 0 Å². The molecule has 0 aromatic rings. The summed E-state index contributed by atoms with van der Waals surface area (Å²) >= 11 is 0. The van der Waals surface area contributed by atoms with E-state index in [0.29, 0.717) is 19.3 Å². The Morgan fingerprint density at radius 3 is 1.02 bits per heavy atom. The average Bonchev–Trinajstić information content (AvgIpc) is 3.22. The van der Waals surface area contributed by atoms with Gasteiger partial charge in [-0.05, 0) is 44.9 Å². The molecule has 0 rings (SSSR count). The van der Waals surface area contributed by atoms with Gasteiger partial charge < -0.3 is 14.2 Å². The molecule has 0 spiro atoms. The SMILES string of the molecule is CC/C=C\C/C=C\C/C=C\C/C=C\CCC(=O)OC(COC(=O)CCCCCCCC)COC(=O)CCCCCCCCCCCCCCCCCCCCCCC. The van der Waals surface area contributed by atoms with E-state index in [1.807, 2.05) is 12.2 Å². The van der Waals surface area contributed by atoms with Gasteiger partial charge in [-0.15, -0.1) is 0 Å². The number of carbonyl (C=O) groups excluding carboxylic acids is 3. The highest BCUT2D eigenvalue weighted by Gasteiger charge is 2.19. The number of hydrogen-bond donors (Lipinski definition) is 0. The van der Waals surface area contributed by atoms with Crippen molar-refractivity contribution in [2.24, 2.45) is 0 Å². The van der Waals surface area contributed by atoms with Crippen LogP contribution in [0.15, 0.2) is 48.6 Å². The van der Waals surface area contributed by atoms with Crippen LogP contribution in [0.5, 0.6) is 0 Å². The van der Waals surface area contributed by atoms with Crippen molar-refractivity contribution in [3.05, 3.63) is 48.6 Å². The maximum Gasteiger partial charge on any atom is 0.306 e. The van der Waals surface area contributed by atoms with Crippen LogP contribution >= 0.6 is 0 Å². The molecule has 0 amide bonds. The molecule has 1 atom stereocenters. The number of carbonyl (C=O) groups is 3. The van der Waals surface area contributed by atoms with Gasteiger partial charge in [0.1, 0.15) is 13.2 Å². The third-order valence-corrected chi connectivity index (χ3v) is 10.6. The summed E-state index contributed by atoms with van der Waals surface area (Å²) in [7, 11) is 0. The molecule has 1 unspecified atom stereocenters. The molecule has 0 N–H and O–H groups in total. The molecule has 0 aromatic carbocycles. The highest BCUT2D eigenvalue weighted by atomic mass is 16.6.